The minimum Gasteiger partial charge on any atom is -0.445 e. The quantitative estimate of drug-likeness (QED) is 0.716. The van der Waals surface area contributed by atoms with E-state index in [9.17, 15) is 9.59 Å². The van der Waals surface area contributed by atoms with Gasteiger partial charge >= 0.3 is 12.2 Å². The summed E-state index contributed by atoms with van der Waals surface area (Å²) in [6.07, 6.45) is 2.56. The van der Waals surface area contributed by atoms with Crippen LogP contribution in [0.5, 0.6) is 0 Å². The first-order valence-corrected chi connectivity index (χ1v) is 10.9. The number of alkyl carbamates (subject to hydrolysis) is 1. The van der Waals surface area contributed by atoms with E-state index in [4.69, 9.17) is 9.47 Å². The summed E-state index contributed by atoms with van der Waals surface area (Å²) in [4.78, 5) is 28.2. The predicted octanol–water partition coefficient (Wildman–Crippen LogP) is 3.64. The van der Waals surface area contributed by atoms with E-state index in [1.807, 2.05) is 56.0 Å². The van der Waals surface area contributed by atoms with Crippen LogP contribution in [0.3, 0.4) is 0 Å². The molecule has 0 aliphatic carbocycles. The van der Waals surface area contributed by atoms with Crippen LogP contribution in [0, 0.1) is 5.41 Å². The second-order valence-corrected chi connectivity index (χ2v) is 9.52. The lowest BCUT2D eigenvalue weighted by atomic mass is 9.72. The van der Waals surface area contributed by atoms with Crippen molar-refractivity contribution in [2.24, 2.45) is 5.41 Å². The molecular weight excluding hydrogens is 382 g/mol. The van der Waals surface area contributed by atoms with Crippen molar-refractivity contribution in [3.63, 3.8) is 0 Å². The van der Waals surface area contributed by atoms with Gasteiger partial charge in [-0.1, -0.05) is 30.3 Å². The van der Waals surface area contributed by atoms with Crippen LogP contribution in [0.4, 0.5) is 9.59 Å². The van der Waals surface area contributed by atoms with E-state index in [-0.39, 0.29) is 17.6 Å². The average molecular weight is 418 g/mol. The van der Waals surface area contributed by atoms with Crippen LogP contribution in [-0.2, 0) is 16.1 Å². The molecule has 0 radical (unpaired) electrons. The highest BCUT2D eigenvalue weighted by Gasteiger charge is 2.47. The smallest absolute Gasteiger partial charge is 0.410 e. The molecule has 0 aromatic heterocycles. The molecule has 30 heavy (non-hydrogen) atoms. The standard InChI is InChI=1S/C23H35N3O4/c1-22(2,3)30-21(28)26-17-23(18-26)10-14-25(15-11-23)13-7-12-24-20(27)29-16-19-8-5-4-6-9-19/h4-6,8-9H,7,10-18H2,1-3H3,(H,24,27). The SMILES string of the molecule is CC(C)(C)OC(=O)N1CC2(CCN(CCCNC(=O)OCc3ccccc3)CC2)C1. The first kappa shape index (κ1) is 22.4. The minimum absolute atomic E-state index is 0.194. The number of benzene rings is 1. The lowest BCUT2D eigenvalue weighted by Crippen LogP contribution is -2.62. The number of piperidine rings is 1. The highest BCUT2D eigenvalue weighted by Crippen LogP contribution is 2.40. The fraction of sp³-hybridized carbons (Fsp3) is 0.652. The first-order valence-electron chi connectivity index (χ1n) is 10.9. The lowest BCUT2D eigenvalue weighted by Gasteiger charge is -2.53. The van der Waals surface area contributed by atoms with E-state index in [1.54, 1.807) is 0 Å². The summed E-state index contributed by atoms with van der Waals surface area (Å²) in [5, 5.41) is 2.82. The van der Waals surface area contributed by atoms with Crippen molar-refractivity contribution >= 4 is 12.2 Å². The number of amides is 2. The van der Waals surface area contributed by atoms with Gasteiger partial charge in [0.1, 0.15) is 12.2 Å². The molecule has 0 bridgehead atoms. The van der Waals surface area contributed by atoms with E-state index in [0.717, 1.165) is 57.5 Å². The summed E-state index contributed by atoms with van der Waals surface area (Å²) >= 11 is 0. The van der Waals surface area contributed by atoms with E-state index in [1.165, 1.54) is 0 Å². The van der Waals surface area contributed by atoms with Gasteiger partial charge in [-0.15, -0.1) is 0 Å². The van der Waals surface area contributed by atoms with Gasteiger partial charge in [0.15, 0.2) is 0 Å². The van der Waals surface area contributed by atoms with Crippen LogP contribution in [0.15, 0.2) is 30.3 Å². The summed E-state index contributed by atoms with van der Waals surface area (Å²) < 4.78 is 10.7. The normalized spacial score (nSPS) is 18.6. The van der Waals surface area contributed by atoms with Crippen molar-refractivity contribution < 1.29 is 19.1 Å². The number of carbonyl (C=O) groups excluding carboxylic acids is 2. The summed E-state index contributed by atoms with van der Waals surface area (Å²) in [7, 11) is 0. The molecule has 1 aromatic carbocycles. The van der Waals surface area contributed by atoms with Crippen molar-refractivity contribution in [3.05, 3.63) is 35.9 Å². The van der Waals surface area contributed by atoms with Gasteiger partial charge in [0, 0.05) is 25.0 Å². The topological polar surface area (TPSA) is 71.1 Å². The average Bonchev–Trinajstić information content (AvgIpc) is 2.68. The Labute approximate surface area is 179 Å². The maximum Gasteiger partial charge on any atom is 0.410 e. The lowest BCUT2D eigenvalue weighted by molar-refractivity contribution is -0.0592. The molecule has 2 amide bonds. The largest absolute Gasteiger partial charge is 0.445 e. The third kappa shape index (κ3) is 6.62. The molecule has 166 valence electrons. The van der Waals surface area contributed by atoms with Gasteiger partial charge in [0.2, 0.25) is 0 Å². The number of nitrogens with zero attached hydrogens (tertiary/aromatic N) is 2. The van der Waals surface area contributed by atoms with Crippen molar-refractivity contribution in [1.82, 2.24) is 15.1 Å². The molecule has 2 fully saturated rings. The van der Waals surface area contributed by atoms with Gasteiger partial charge in [-0.2, -0.15) is 0 Å². The Hall–Kier alpha value is -2.28. The molecule has 1 N–H and O–H groups in total. The number of rotatable bonds is 6. The third-order valence-electron chi connectivity index (χ3n) is 5.75. The van der Waals surface area contributed by atoms with Crippen LogP contribution in [0.2, 0.25) is 0 Å². The third-order valence-corrected chi connectivity index (χ3v) is 5.75. The van der Waals surface area contributed by atoms with Gasteiger partial charge < -0.3 is 24.6 Å². The highest BCUT2D eigenvalue weighted by molar-refractivity contribution is 5.69. The molecule has 2 aliphatic heterocycles. The Balaban J connectivity index is 1.24. The van der Waals surface area contributed by atoms with E-state index in [2.05, 4.69) is 10.2 Å². The zero-order valence-electron chi connectivity index (χ0n) is 18.5. The molecule has 2 aliphatic rings. The van der Waals surface area contributed by atoms with Crippen molar-refractivity contribution in [2.75, 3.05) is 39.3 Å². The van der Waals surface area contributed by atoms with E-state index >= 15 is 0 Å². The number of nitrogens with one attached hydrogen (secondary N) is 1. The van der Waals surface area contributed by atoms with Crippen molar-refractivity contribution in [2.45, 2.75) is 52.2 Å². The summed E-state index contributed by atoms with van der Waals surface area (Å²) in [5.74, 6) is 0. The number of hydrogen-bond donors (Lipinski definition) is 1. The van der Waals surface area contributed by atoms with Crippen LogP contribution >= 0.6 is 0 Å². The second kappa shape index (κ2) is 9.69. The second-order valence-electron chi connectivity index (χ2n) is 9.52. The summed E-state index contributed by atoms with van der Waals surface area (Å²) in [6, 6.07) is 9.67. The fourth-order valence-corrected chi connectivity index (χ4v) is 4.05. The van der Waals surface area contributed by atoms with Crippen LogP contribution in [-0.4, -0.2) is 66.9 Å². The van der Waals surface area contributed by atoms with Gasteiger partial charge in [0.25, 0.3) is 0 Å². The molecule has 7 heteroatoms. The summed E-state index contributed by atoms with van der Waals surface area (Å²) in [6.45, 7) is 11.3. The maximum absolute atomic E-state index is 12.1. The number of hydrogen-bond acceptors (Lipinski definition) is 5. The Bertz CT molecular complexity index is 701. The minimum atomic E-state index is -0.439. The predicted molar refractivity (Wildman–Crippen MR) is 115 cm³/mol. The zero-order chi connectivity index (χ0) is 21.6. The molecule has 0 atom stereocenters. The van der Waals surface area contributed by atoms with Crippen molar-refractivity contribution in [1.29, 1.82) is 0 Å². The Morgan fingerprint density at radius 2 is 1.77 bits per heavy atom. The molecule has 0 saturated carbocycles. The van der Waals surface area contributed by atoms with Crippen molar-refractivity contribution in [3.8, 4) is 0 Å². The molecule has 1 aromatic rings. The fourth-order valence-electron chi connectivity index (χ4n) is 4.05. The van der Waals surface area contributed by atoms with Gasteiger partial charge in [0.05, 0.1) is 0 Å². The first-order chi connectivity index (χ1) is 14.2. The summed E-state index contributed by atoms with van der Waals surface area (Å²) in [5.41, 5.74) is 0.814. The number of likely N-dealkylation sites (tertiary alicyclic amines) is 2. The van der Waals surface area contributed by atoms with E-state index < -0.39 is 5.60 Å². The van der Waals surface area contributed by atoms with Crippen LogP contribution < -0.4 is 5.32 Å². The molecule has 7 nitrogen and oxygen atoms in total. The Morgan fingerprint density at radius 3 is 2.40 bits per heavy atom. The van der Waals surface area contributed by atoms with Gasteiger partial charge in [-0.3, -0.25) is 0 Å². The van der Waals surface area contributed by atoms with Crippen LogP contribution in [0.25, 0.3) is 0 Å². The van der Waals surface area contributed by atoms with Gasteiger partial charge in [-0.25, -0.2) is 9.59 Å². The molecule has 2 saturated heterocycles. The zero-order valence-corrected chi connectivity index (χ0v) is 18.5. The Kier molecular flexibility index (Phi) is 7.23. The number of carbonyl (C=O) groups is 2. The molecule has 0 unspecified atom stereocenters. The highest BCUT2D eigenvalue weighted by atomic mass is 16.6. The number of ether oxygens (including phenoxy) is 2. The van der Waals surface area contributed by atoms with E-state index in [0.29, 0.717) is 13.2 Å². The van der Waals surface area contributed by atoms with Crippen LogP contribution in [0.1, 0.15) is 45.6 Å². The Morgan fingerprint density at radius 1 is 1.10 bits per heavy atom. The molecular formula is C23H35N3O4. The molecule has 1 spiro atoms. The molecule has 3 rings (SSSR count). The van der Waals surface area contributed by atoms with Gasteiger partial charge in [-0.05, 0) is 65.2 Å². The molecule has 2 heterocycles. The maximum atomic E-state index is 12.1. The monoisotopic (exact) mass is 417 g/mol.